The average Bonchev–Trinajstić information content (AvgIpc) is 3.88. The Labute approximate surface area is 393 Å². The highest BCUT2D eigenvalue weighted by Gasteiger charge is 2.32. The molecule has 2 heterocycles. The number of hydrogen-bond donors (Lipinski definition) is 5. The summed E-state index contributed by atoms with van der Waals surface area (Å²) in [4.78, 5) is 87.4. The number of benzene rings is 1. The normalized spacial score (nSPS) is 17.4. The molecule has 0 saturated heterocycles. The number of nitrogens with zero attached hydrogens (tertiary/aromatic N) is 4. The first-order valence-corrected chi connectivity index (χ1v) is 23.3. The summed E-state index contributed by atoms with van der Waals surface area (Å²) in [6, 6.07) is 5.97. The standard InChI is InChI=1S/C47H71N9O11/c1-6-47(5,20-23-49-40(58)31-64-32-41(59)52-39(9-7-8-22-48)45(63)51-37-16-12-35(13-17-37)30-65-33(2)57)67-25-21-46(3,4)66-26-24-55-29-38(53-54-55)27-50-44(62)36-14-10-34(11-15-36)28-56-42(60)18-19-43(56)61/h12-13,16-19,29,34,36,39H,6-11,14-15,20-28,30-32,48H2,1-5H3,(H,49,58)(H,50,62)(H,51,63)(H,52,59). The second-order valence-corrected chi connectivity index (χ2v) is 18.0. The monoisotopic (exact) mass is 938 g/mol. The van der Waals surface area contributed by atoms with E-state index in [4.69, 9.17) is 24.7 Å². The van der Waals surface area contributed by atoms with Gasteiger partial charge in [0.15, 0.2) is 0 Å². The second-order valence-electron chi connectivity index (χ2n) is 18.0. The lowest BCUT2D eigenvalue weighted by molar-refractivity contribution is -0.142. The minimum absolute atomic E-state index is 0.0334. The van der Waals surface area contributed by atoms with Gasteiger partial charge in [0.25, 0.3) is 11.8 Å². The van der Waals surface area contributed by atoms with Crippen LogP contribution in [0.1, 0.15) is 110 Å². The van der Waals surface area contributed by atoms with Crippen molar-refractivity contribution in [2.45, 2.75) is 136 Å². The van der Waals surface area contributed by atoms with E-state index in [2.05, 4.69) is 31.6 Å². The molecule has 1 aromatic heterocycles. The van der Waals surface area contributed by atoms with E-state index < -0.39 is 41.6 Å². The van der Waals surface area contributed by atoms with Crippen LogP contribution >= 0.6 is 0 Å². The first kappa shape index (κ1) is 54.0. The number of carbonyl (C=O) groups is 7. The van der Waals surface area contributed by atoms with E-state index in [0.717, 1.165) is 18.4 Å². The summed E-state index contributed by atoms with van der Waals surface area (Å²) in [5.74, 6) is -2.22. The van der Waals surface area contributed by atoms with Crippen LogP contribution in [0.25, 0.3) is 0 Å². The summed E-state index contributed by atoms with van der Waals surface area (Å²) in [7, 11) is 0. The third-order valence-corrected chi connectivity index (χ3v) is 12.0. The highest BCUT2D eigenvalue weighted by Crippen LogP contribution is 2.30. The Morgan fingerprint density at radius 3 is 2.27 bits per heavy atom. The van der Waals surface area contributed by atoms with Gasteiger partial charge in [-0.05, 0) is 115 Å². The van der Waals surface area contributed by atoms with Crippen LogP contribution in [-0.2, 0) is 72.2 Å². The minimum Gasteiger partial charge on any atom is -0.461 e. The topological polar surface area (TPSA) is 264 Å². The second kappa shape index (κ2) is 27.3. The molecule has 0 spiro atoms. The molecule has 0 radical (unpaired) electrons. The third kappa shape index (κ3) is 19.7. The molecule has 20 heteroatoms. The van der Waals surface area contributed by atoms with Gasteiger partial charge in [-0.15, -0.1) is 5.10 Å². The molecule has 6 N–H and O–H groups in total. The van der Waals surface area contributed by atoms with Gasteiger partial charge in [-0.2, -0.15) is 0 Å². The number of esters is 1. The molecule has 2 unspecified atom stereocenters. The summed E-state index contributed by atoms with van der Waals surface area (Å²) < 4.78 is 24.5. The maximum absolute atomic E-state index is 13.1. The molecular weight excluding hydrogens is 867 g/mol. The summed E-state index contributed by atoms with van der Waals surface area (Å²) in [6.07, 6.45) is 10.9. The number of nitrogens with two attached hydrogens (primary N) is 1. The largest absolute Gasteiger partial charge is 0.461 e. The maximum atomic E-state index is 13.1. The molecule has 370 valence electrons. The van der Waals surface area contributed by atoms with Gasteiger partial charge in [-0.1, -0.05) is 24.3 Å². The molecule has 1 fully saturated rings. The van der Waals surface area contributed by atoms with Crippen molar-refractivity contribution in [3.8, 4) is 0 Å². The Bertz CT molecular complexity index is 1960. The van der Waals surface area contributed by atoms with Crippen LogP contribution in [0.2, 0.25) is 0 Å². The number of carbonyl (C=O) groups excluding carboxylic acids is 7. The lowest BCUT2D eigenvalue weighted by Crippen LogP contribution is -2.45. The lowest BCUT2D eigenvalue weighted by Gasteiger charge is -2.32. The van der Waals surface area contributed by atoms with E-state index in [-0.39, 0.29) is 55.2 Å². The fraction of sp³-hybridized carbons (Fsp3) is 0.638. The SMILES string of the molecule is CCC(C)(CCNC(=O)COCC(=O)NC(CCCCN)C(=O)Nc1ccc(COC(C)=O)cc1)OCCC(C)(C)OCCn1cc(CNC(=O)C2CCC(CN3C(=O)C=CC3=O)CC2)nn1. The molecule has 2 aliphatic rings. The van der Waals surface area contributed by atoms with Crippen molar-refractivity contribution in [3.05, 3.63) is 53.9 Å². The van der Waals surface area contributed by atoms with Gasteiger partial charge in [-0.3, -0.25) is 38.5 Å². The Hall–Kier alpha value is -5.57. The number of imide groups is 1. The zero-order valence-corrected chi connectivity index (χ0v) is 39.8. The first-order valence-electron chi connectivity index (χ1n) is 23.3. The Morgan fingerprint density at radius 1 is 0.896 bits per heavy atom. The Kier molecular flexibility index (Phi) is 22.0. The number of unbranched alkanes of at least 4 members (excludes halogenated alkanes) is 1. The summed E-state index contributed by atoms with van der Waals surface area (Å²) in [5, 5.41) is 19.7. The number of anilines is 1. The van der Waals surface area contributed by atoms with Gasteiger partial charge < -0.3 is 45.9 Å². The zero-order chi connectivity index (χ0) is 48.8. The highest BCUT2D eigenvalue weighted by atomic mass is 16.5. The van der Waals surface area contributed by atoms with Crippen LogP contribution in [-0.4, -0.2) is 125 Å². The van der Waals surface area contributed by atoms with E-state index >= 15 is 0 Å². The number of nitrogens with one attached hydrogen (secondary N) is 4. The quantitative estimate of drug-likeness (QED) is 0.0429. The van der Waals surface area contributed by atoms with Crippen LogP contribution in [0.4, 0.5) is 5.69 Å². The van der Waals surface area contributed by atoms with Crippen molar-refractivity contribution >= 4 is 47.1 Å². The fourth-order valence-corrected chi connectivity index (χ4v) is 7.56. The summed E-state index contributed by atoms with van der Waals surface area (Å²) in [5.41, 5.74) is 6.55. The Morgan fingerprint density at radius 2 is 1.60 bits per heavy atom. The predicted octanol–water partition coefficient (Wildman–Crippen LogP) is 2.83. The van der Waals surface area contributed by atoms with Crippen molar-refractivity contribution in [1.82, 2.24) is 35.8 Å². The fourth-order valence-electron chi connectivity index (χ4n) is 7.56. The molecule has 0 bridgehead atoms. The van der Waals surface area contributed by atoms with Crippen LogP contribution in [0.15, 0.2) is 42.6 Å². The average molecular weight is 938 g/mol. The van der Waals surface area contributed by atoms with Crippen LogP contribution < -0.4 is 27.0 Å². The molecular formula is C47H71N9O11. The third-order valence-electron chi connectivity index (χ3n) is 12.0. The molecule has 1 aromatic carbocycles. The number of aromatic nitrogens is 3. The molecule has 4 rings (SSSR count). The highest BCUT2D eigenvalue weighted by molar-refractivity contribution is 6.12. The van der Waals surface area contributed by atoms with Crippen LogP contribution in [0.5, 0.6) is 0 Å². The van der Waals surface area contributed by atoms with Crippen molar-refractivity contribution in [2.24, 2.45) is 17.6 Å². The molecule has 6 amide bonds. The minimum atomic E-state index is -0.845. The van der Waals surface area contributed by atoms with Gasteiger partial charge in [0.1, 0.15) is 31.6 Å². The number of rotatable bonds is 30. The van der Waals surface area contributed by atoms with Crippen molar-refractivity contribution in [3.63, 3.8) is 0 Å². The number of amides is 6. The molecule has 1 aliphatic carbocycles. The van der Waals surface area contributed by atoms with Crippen LogP contribution in [0.3, 0.4) is 0 Å². The maximum Gasteiger partial charge on any atom is 0.302 e. The molecule has 1 aliphatic heterocycles. The van der Waals surface area contributed by atoms with Crippen molar-refractivity contribution in [1.29, 1.82) is 0 Å². The molecule has 67 heavy (non-hydrogen) atoms. The lowest BCUT2D eigenvalue weighted by atomic mass is 9.81. The van der Waals surface area contributed by atoms with E-state index in [1.807, 2.05) is 27.7 Å². The van der Waals surface area contributed by atoms with Gasteiger partial charge in [0.05, 0.1) is 43.7 Å². The zero-order valence-electron chi connectivity index (χ0n) is 39.8. The summed E-state index contributed by atoms with van der Waals surface area (Å²) >= 11 is 0. The van der Waals surface area contributed by atoms with Gasteiger partial charge in [-0.25, -0.2) is 4.68 Å². The van der Waals surface area contributed by atoms with Gasteiger partial charge in [0.2, 0.25) is 23.6 Å². The van der Waals surface area contributed by atoms with E-state index in [1.54, 1.807) is 35.1 Å². The van der Waals surface area contributed by atoms with E-state index in [0.29, 0.717) is 102 Å². The molecule has 2 aromatic rings. The molecule has 2 atom stereocenters. The smallest absolute Gasteiger partial charge is 0.302 e. The summed E-state index contributed by atoms with van der Waals surface area (Å²) in [6.45, 7) is 11.4. The number of ether oxygens (including phenoxy) is 4. The molecule has 1 saturated carbocycles. The van der Waals surface area contributed by atoms with Gasteiger partial charge >= 0.3 is 5.97 Å². The first-order chi connectivity index (χ1) is 32.0. The van der Waals surface area contributed by atoms with E-state index in [9.17, 15) is 33.6 Å². The van der Waals surface area contributed by atoms with E-state index in [1.165, 1.54) is 24.0 Å². The predicted molar refractivity (Wildman–Crippen MR) is 246 cm³/mol. The van der Waals surface area contributed by atoms with Crippen molar-refractivity contribution in [2.75, 3.05) is 51.4 Å². The number of hydrogen-bond acceptors (Lipinski definition) is 14. The van der Waals surface area contributed by atoms with Crippen LogP contribution in [0, 0.1) is 11.8 Å². The molecule has 20 nitrogen and oxygen atoms in total. The van der Waals surface area contributed by atoms with Gasteiger partial charge in [0, 0.05) is 43.8 Å². The Balaban J connectivity index is 1.06. The van der Waals surface area contributed by atoms with Crippen molar-refractivity contribution < 1.29 is 52.5 Å².